The van der Waals surface area contributed by atoms with E-state index in [-0.39, 0.29) is 0 Å². The molecule has 0 saturated carbocycles. The molecule has 64 valence electrons. The summed E-state index contributed by atoms with van der Waals surface area (Å²) < 4.78 is 0. The SMILES string of the molecule is C=CCCNCC1CCCN1. The predicted molar refractivity (Wildman–Crippen MR) is 48.7 cm³/mol. The van der Waals surface area contributed by atoms with Gasteiger partial charge in [0, 0.05) is 12.6 Å². The molecule has 11 heavy (non-hydrogen) atoms. The Kier molecular flexibility index (Phi) is 4.24. The Labute approximate surface area is 69.1 Å². The van der Waals surface area contributed by atoms with Crippen molar-refractivity contribution in [1.82, 2.24) is 10.6 Å². The Balaban J connectivity index is 1.89. The van der Waals surface area contributed by atoms with Crippen LogP contribution in [0.3, 0.4) is 0 Å². The van der Waals surface area contributed by atoms with Crippen molar-refractivity contribution >= 4 is 0 Å². The highest BCUT2D eigenvalue weighted by Crippen LogP contribution is 2.02. The minimum atomic E-state index is 0.722. The van der Waals surface area contributed by atoms with Gasteiger partial charge in [-0.25, -0.2) is 0 Å². The molecular weight excluding hydrogens is 136 g/mol. The third-order valence-electron chi connectivity index (χ3n) is 2.08. The van der Waals surface area contributed by atoms with Gasteiger partial charge in [-0.3, -0.25) is 0 Å². The molecule has 1 atom stereocenters. The van der Waals surface area contributed by atoms with E-state index in [2.05, 4.69) is 17.2 Å². The van der Waals surface area contributed by atoms with Gasteiger partial charge < -0.3 is 10.6 Å². The van der Waals surface area contributed by atoms with Gasteiger partial charge in [0.1, 0.15) is 0 Å². The minimum absolute atomic E-state index is 0.722. The second-order valence-corrected chi connectivity index (χ2v) is 3.07. The van der Waals surface area contributed by atoms with E-state index in [0.29, 0.717) is 0 Å². The first-order valence-corrected chi connectivity index (χ1v) is 4.48. The van der Waals surface area contributed by atoms with Crippen LogP contribution in [0, 0.1) is 0 Å². The third-order valence-corrected chi connectivity index (χ3v) is 2.08. The lowest BCUT2D eigenvalue weighted by molar-refractivity contribution is 0.539. The van der Waals surface area contributed by atoms with Crippen molar-refractivity contribution < 1.29 is 0 Å². The minimum Gasteiger partial charge on any atom is -0.315 e. The van der Waals surface area contributed by atoms with E-state index >= 15 is 0 Å². The summed E-state index contributed by atoms with van der Waals surface area (Å²) in [6, 6.07) is 0.722. The zero-order valence-electron chi connectivity index (χ0n) is 7.10. The molecule has 0 radical (unpaired) electrons. The Morgan fingerprint density at radius 1 is 1.64 bits per heavy atom. The van der Waals surface area contributed by atoms with Crippen LogP contribution in [-0.4, -0.2) is 25.7 Å². The summed E-state index contributed by atoms with van der Waals surface area (Å²) in [5.41, 5.74) is 0. The number of hydrogen-bond acceptors (Lipinski definition) is 2. The molecule has 1 aliphatic rings. The lowest BCUT2D eigenvalue weighted by Crippen LogP contribution is -2.34. The maximum absolute atomic E-state index is 3.67. The summed E-state index contributed by atoms with van der Waals surface area (Å²) >= 11 is 0. The largest absolute Gasteiger partial charge is 0.315 e. The van der Waals surface area contributed by atoms with Crippen molar-refractivity contribution in [3.63, 3.8) is 0 Å². The standard InChI is InChI=1S/C9H18N2/c1-2-3-6-10-8-9-5-4-7-11-9/h2,9-11H,1,3-8H2. The summed E-state index contributed by atoms with van der Waals surface area (Å²) in [6.45, 7) is 7.07. The second-order valence-electron chi connectivity index (χ2n) is 3.07. The topological polar surface area (TPSA) is 24.1 Å². The fraction of sp³-hybridized carbons (Fsp3) is 0.778. The van der Waals surface area contributed by atoms with Crippen molar-refractivity contribution in [2.45, 2.75) is 25.3 Å². The summed E-state index contributed by atoms with van der Waals surface area (Å²) in [4.78, 5) is 0. The Bertz CT molecular complexity index is 106. The highest BCUT2D eigenvalue weighted by atomic mass is 15.0. The quantitative estimate of drug-likeness (QED) is 0.454. The fourth-order valence-corrected chi connectivity index (χ4v) is 1.41. The van der Waals surface area contributed by atoms with Gasteiger partial charge >= 0.3 is 0 Å². The molecule has 0 aromatic carbocycles. The van der Waals surface area contributed by atoms with Crippen LogP contribution in [0.15, 0.2) is 12.7 Å². The van der Waals surface area contributed by atoms with Crippen LogP contribution in [0.25, 0.3) is 0 Å². The molecule has 0 amide bonds. The molecule has 0 bridgehead atoms. The summed E-state index contributed by atoms with van der Waals surface area (Å²) in [5, 5.41) is 6.84. The van der Waals surface area contributed by atoms with Gasteiger partial charge in [-0.05, 0) is 32.4 Å². The molecule has 1 rings (SSSR count). The molecule has 0 aromatic rings. The van der Waals surface area contributed by atoms with Crippen molar-refractivity contribution in [3.05, 3.63) is 12.7 Å². The van der Waals surface area contributed by atoms with Gasteiger partial charge in [-0.1, -0.05) is 6.08 Å². The predicted octanol–water partition coefficient (Wildman–Crippen LogP) is 0.904. The molecule has 1 heterocycles. The van der Waals surface area contributed by atoms with Crippen LogP contribution < -0.4 is 10.6 Å². The van der Waals surface area contributed by atoms with E-state index in [9.17, 15) is 0 Å². The number of nitrogens with one attached hydrogen (secondary N) is 2. The first-order valence-electron chi connectivity index (χ1n) is 4.48. The monoisotopic (exact) mass is 154 g/mol. The van der Waals surface area contributed by atoms with Gasteiger partial charge in [0.05, 0.1) is 0 Å². The molecule has 1 fully saturated rings. The summed E-state index contributed by atoms with van der Waals surface area (Å²) in [6.07, 6.45) is 5.71. The molecule has 2 heteroatoms. The van der Waals surface area contributed by atoms with Crippen molar-refractivity contribution in [3.8, 4) is 0 Å². The van der Waals surface area contributed by atoms with E-state index in [0.717, 1.165) is 25.6 Å². The smallest absolute Gasteiger partial charge is 0.0192 e. The van der Waals surface area contributed by atoms with Crippen LogP contribution in [0.5, 0.6) is 0 Å². The average molecular weight is 154 g/mol. The van der Waals surface area contributed by atoms with Crippen molar-refractivity contribution in [1.29, 1.82) is 0 Å². The molecular formula is C9H18N2. The van der Waals surface area contributed by atoms with Crippen LogP contribution in [-0.2, 0) is 0 Å². The van der Waals surface area contributed by atoms with Gasteiger partial charge in [0.25, 0.3) is 0 Å². The molecule has 1 unspecified atom stereocenters. The highest BCUT2D eigenvalue weighted by molar-refractivity contribution is 4.76. The second kappa shape index (κ2) is 5.33. The lowest BCUT2D eigenvalue weighted by Gasteiger charge is -2.09. The van der Waals surface area contributed by atoms with Crippen molar-refractivity contribution in [2.24, 2.45) is 0 Å². The van der Waals surface area contributed by atoms with Crippen LogP contribution >= 0.6 is 0 Å². The first-order chi connectivity index (χ1) is 5.43. The molecule has 0 spiro atoms. The van der Waals surface area contributed by atoms with Crippen LogP contribution in [0.2, 0.25) is 0 Å². The molecule has 2 N–H and O–H groups in total. The average Bonchev–Trinajstić information content (AvgIpc) is 2.50. The van der Waals surface area contributed by atoms with E-state index in [1.54, 1.807) is 0 Å². The Morgan fingerprint density at radius 3 is 3.18 bits per heavy atom. The van der Waals surface area contributed by atoms with Gasteiger partial charge in [-0.15, -0.1) is 6.58 Å². The third kappa shape index (κ3) is 3.54. The molecule has 0 aromatic heterocycles. The molecule has 2 nitrogen and oxygen atoms in total. The first kappa shape index (κ1) is 8.75. The number of rotatable bonds is 5. The van der Waals surface area contributed by atoms with E-state index in [4.69, 9.17) is 0 Å². The van der Waals surface area contributed by atoms with Crippen LogP contribution in [0.4, 0.5) is 0 Å². The van der Waals surface area contributed by atoms with E-state index in [1.165, 1.54) is 19.4 Å². The Morgan fingerprint density at radius 2 is 2.55 bits per heavy atom. The molecule has 1 aliphatic heterocycles. The Hall–Kier alpha value is -0.340. The zero-order chi connectivity index (χ0) is 7.94. The lowest BCUT2D eigenvalue weighted by atomic mass is 10.2. The normalized spacial score (nSPS) is 23.8. The summed E-state index contributed by atoms with van der Waals surface area (Å²) in [5.74, 6) is 0. The highest BCUT2D eigenvalue weighted by Gasteiger charge is 2.11. The van der Waals surface area contributed by atoms with E-state index in [1.807, 2.05) is 6.08 Å². The van der Waals surface area contributed by atoms with Crippen molar-refractivity contribution in [2.75, 3.05) is 19.6 Å². The molecule has 0 aliphatic carbocycles. The van der Waals surface area contributed by atoms with Gasteiger partial charge in [0.2, 0.25) is 0 Å². The molecule has 1 saturated heterocycles. The zero-order valence-corrected chi connectivity index (χ0v) is 7.10. The summed E-state index contributed by atoms with van der Waals surface area (Å²) in [7, 11) is 0. The number of hydrogen-bond donors (Lipinski definition) is 2. The van der Waals surface area contributed by atoms with Gasteiger partial charge in [0.15, 0.2) is 0 Å². The van der Waals surface area contributed by atoms with E-state index < -0.39 is 0 Å². The maximum atomic E-state index is 3.67. The fourth-order valence-electron chi connectivity index (χ4n) is 1.41. The van der Waals surface area contributed by atoms with Crippen LogP contribution in [0.1, 0.15) is 19.3 Å². The maximum Gasteiger partial charge on any atom is 0.0192 e. The van der Waals surface area contributed by atoms with Gasteiger partial charge in [-0.2, -0.15) is 0 Å².